The first-order valence-corrected chi connectivity index (χ1v) is 11.2. The molecule has 1 N–H and O–H groups in total. The van der Waals surface area contributed by atoms with Crippen molar-refractivity contribution < 1.29 is 13.0 Å². The van der Waals surface area contributed by atoms with E-state index in [9.17, 15) is 13.0 Å². The van der Waals surface area contributed by atoms with Crippen molar-refractivity contribution in [2.24, 2.45) is 0 Å². The predicted octanol–water partition coefficient (Wildman–Crippen LogP) is 5.67. The van der Waals surface area contributed by atoms with Crippen LogP contribution >= 0.6 is 0 Å². The van der Waals surface area contributed by atoms with Crippen LogP contribution in [0.5, 0.6) is 0 Å². The van der Waals surface area contributed by atoms with Gasteiger partial charge in [0.1, 0.15) is 0 Å². The van der Waals surface area contributed by atoms with Crippen molar-refractivity contribution in [1.29, 1.82) is 0 Å². The van der Waals surface area contributed by atoms with Gasteiger partial charge >= 0.3 is 0 Å². The number of hydrogen-bond donors (Lipinski definition) is 1. The Morgan fingerprint density at radius 1 is 0.645 bits per heavy atom. The lowest BCUT2D eigenvalue weighted by Gasteiger charge is -2.11. The van der Waals surface area contributed by atoms with Crippen molar-refractivity contribution in [2.45, 2.75) is 11.8 Å². The summed E-state index contributed by atoms with van der Waals surface area (Å²) in [6, 6.07) is 22.5. The standard InChI is InChI=1S/C25H18N2O3S/c1-16-2-4-17(5-3-16)20-12-14-26-24-22(20)10-11-23-21(13-15-27-25(23)24)18-6-8-19(9-7-18)31(28,29)30/h2-15H,1H3,(H,28,29,30). The van der Waals surface area contributed by atoms with Gasteiger partial charge in [0.2, 0.25) is 0 Å². The van der Waals surface area contributed by atoms with E-state index in [-0.39, 0.29) is 4.90 Å². The Hall–Kier alpha value is -3.61. The molecule has 0 amide bonds. The van der Waals surface area contributed by atoms with Crippen LogP contribution in [0.1, 0.15) is 5.56 Å². The SMILES string of the molecule is Cc1ccc(-c2ccnc3c2ccc2c(-c4ccc(S(=O)(=O)O)cc4)ccnc23)cc1. The smallest absolute Gasteiger partial charge is 0.282 e. The molecule has 6 heteroatoms. The van der Waals surface area contributed by atoms with Crippen molar-refractivity contribution in [3.63, 3.8) is 0 Å². The molecule has 0 radical (unpaired) electrons. The first-order valence-electron chi connectivity index (χ1n) is 9.73. The normalized spacial score (nSPS) is 11.8. The third kappa shape index (κ3) is 3.46. The molecule has 5 nitrogen and oxygen atoms in total. The van der Waals surface area contributed by atoms with Crippen LogP contribution < -0.4 is 0 Å². The fourth-order valence-electron chi connectivity index (χ4n) is 3.87. The molecule has 2 heterocycles. The molecule has 2 aromatic heterocycles. The fraction of sp³-hybridized carbons (Fsp3) is 0.0400. The molecule has 0 saturated heterocycles. The van der Waals surface area contributed by atoms with Crippen molar-refractivity contribution in [2.75, 3.05) is 0 Å². The number of hydrogen-bond acceptors (Lipinski definition) is 4. The van der Waals surface area contributed by atoms with Crippen LogP contribution in [0.4, 0.5) is 0 Å². The summed E-state index contributed by atoms with van der Waals surface area (Å²) in [5.74, 6) is 0. The molecule has 0 atom stereocenters. The summed E-state index contributed by atoms with van der Waals surface area (Å²) >= 11 is 0. The minimum atomic E-state index is -4.23. The second kappa shape index (κ2) is 7.27. The van der Waals surface area contributed by atoms with Gasteiger partial charge in [-0.2, -0.15) is 8.42 Å². The highest BCUT2D eigenvalue weighted by Gasteiger charge is 2.13. The largest absolute Gasteiger partial charge is 0.294 e. The summed E-state index contributed by atoms with van der Waals surface area (Å²) in [6.45, 7) is 2.07. The van der Waals surface area contributed by atoms with Crippen molar-refractivity contribution >= 4 is 31.9 Å². The molecule has 5 rings (SSSR count). The Morgan fingerprint density at radius 3 is 1.55 bits per heavy atom. The zero-order chi connectivity index (χ0) is 21.6. The van der Waals surface area contributed by atoms with Crippen molar-refractivity contribution in [3.05, 3.63) is 90.8 Å². The summed E-state index contributed by atoms with van der Waals surface area (Å²) in [4.78, 5) is 9.09. The van der Waals surface area contributed by atoms with E-state index in [0.29, 0.717) is 0 Å². The Balaban J connectivity index is 1.71. The van der Waals surface area contributed by atoms with Gasteiger partial charge in [-0.05, 0) is 53.4 Å². The van der Waals surface area contributed by atoms with Crippen LogP contribution in [0.3, 0.4) is 0 Å². The van der Waals surface area contributed by atoms with Crippen LogP contribution in [-0.4, -0.2) is 22.9 Å². The Bertz CT molecular complexity index is 1540. The maximum atomic E-state index is 11.3. The number of nitrogens with zero attached hydrogens (tertiary/aromatic N) is 2. The van der Waals surface area contributed by atoms with Gasteiger partial charge in [-0.25, -0.2) is 0 Å². The highest BCUT2D eigenvalue weighted by Crippen LogP contribution is 2.35. The molecule has 152 valence electrons. The zero-order valence-corrected chi connectivity index (χ0v) is 17.5. The van der Waals surface area contributed by atoms with Crippen LogP contribution in [0.25, 0.3) is 44.1 Å². The Kier molecular flexibility index (Phi) is 4.54. The maximum absolute atomic E-state index is 11.3. The highest BCUT2D eigenvalue weighted by atomic mass is 32.2. The molecule has 0 saturated carbocycles. The van der Waals surface area contributed by atoms with Crippen LogP contribution in [0.15, 0.2) is 90.1 Å². The molecule has 5 aromatic rings. The molecule has 3 aromatic carbocycles. The van der Waals surface area contributed by atoms with Gasteiger partial charge in [0.15, 0.2) is 0 Å². The van der Waals surface area contributed by atoms with Crippen LogP contribution in [0, 0.1) is 6.92 Å². The second-order valence-electron chi connectivity index (χ2n) is 7.44. The van der Waals surface area contributed by atoms with Gasteiger partial charge in [-0.3, -0.25) is 14.5 Å². The average Bonchev–Trinajstić information content (AvgIpc) is 2.78. The molecule has 0 fully saturated rings. The minimum Gasteiger partial charge on any atom is -0.282 e. The lowest BCUT2D eigenvalue weighted by atomic mass is 9.96. The summed E-state index contributed by atoms with van der Waals surface area (Å²) in [5, 5.41) is 1.94. The fourth-order valence-corrected chi connectivity index (χ4v) is 4.35. The third-order valence-electron chi connectivity index (χ3n) is 5.45. The van der Waals surface area contributed by atoms with Crippen LogP contribution in [-0.2, 0) is 10.1 Å². The number of aryl methyl sites for hydroxylation is 1. The first kappa shape index (κ1) is 19.4. The van der Waals surface area contributed by atoms with Crippen molar-refractivity contribution in [1.82, 2.24) is 9.97 Å². The van der Waals surface area contributed by atoms with E-state index in [1.807, 2.05) is 18.2 Å². The van der Waals surface area contributed by atoms with E-state index in [2.05, 4.69) is 47.2 Å². The summed E-state index contributed by atoms with van der Waals surface area (Å²) < 4.78 is 31.9. The summed E-state index contributed by atoms with van der Waals surface area (Å²) in [7, 11) is -4.23. The van der Waals surface area contributed by atoms with Crippen LogP contribution in [0.2, 0.25) is 0 Å². The summed E-state index contributed by atoms with van der Waals surface area (Å²) in [5.41, 5.74) is 6.75. The molecule has 0 unspecified atom stereocenters. The van der Waals surface area contributed by atoms with E-state index in [1.165, 1.54) is 17.7 Å². The first-order chi connectivity index (χ1) is 14.9. The number of fused-ring (bicyclic) bond motifs is 3. The molecule has 0 aliphatic carbocycles. The number of rotatable bonds is 3. The van der Waals surface area contributed by atoms with E-state index in [1.54, 1.807) is 24.5 Å². The number of pyridine rings is 2. The topological polar surface area (TPSA) is 80.2 Å². The quantitative estimate of drug-likeness (QED) is 0.297. The second-order valence-corrected chi connectivity index (χ2v) is 8.86. The van der Waals surface area contributed by atoms with E-state index in [0.717, 1.165) is 44.1 Å². The lowest BCUT2D eigenvalue weighted by Crippen LogP contribution is -1.97. The van der Waals surface area contributed by atoms with E-state index < -0.39 is 10.1 Å². The Morgan fingerprint density at radius 2 is 1.10 bits per heavy atom. The minimum absolute atomic E-state index is 0.135. The molecule has 0 aliphatic heterocycles. The Labute approximate surface area is 179 Å². The number of aromatic nitrogens is 2. The van der Waals surface area contributed by atoms with Gasteiger partial charge in [0.25, 0.3) is 10.1 Å². The molecule has 31 heavy (non-hydrogen) atoms. The molecule has 0 bridgehead atoms. The van der Waals surface area contributed by atoms with Gasteiger partial charge in [-0.15, -0.1) is 0 Å². The van der Waals surface area contributed by atoms with Crippen molar-refractivity contribution in [3.8, 4) is 22.3 Å². The third-order valence-corrected chi connectivity index (χ3v) is 6.31. The van der Waals surface area contributed by atoms with Gasteiger partial charge < -0.3 is 0 Å². The molecular formula is C25H18N2O3S. The molecule has 0 spiro atoms. The maximum Gasteiger partial charge on any atom is 0.294 e. The number of benzene rings is 3. The predicted molar refractivity (Wildman–Crippen MR) is 122 cm³/mol. The zero-order valence-electron chi connectivity index (χ0n) is 16.6. The molecular weight excluding hydrogens is 408 g/mol. The monoisotopic (exact) mass is 426 g/mol. The van der Waals surface area contributed by atoms with Gasteiger partial charge in [0.05, 0.1) is 15.9 Å². The molecule has 0 aliphatic rings. The summed E-state index contributed by atoms with van der Waals surface area (Å²) in [6.07, 6.45) is 3.53. The highest BCUT2D eigenvalue weighted by molar-refractivity contribution is 7.85. The lowest BCUT2D eigenvalue weighted by molar-refractivity contribution is 0.483. The van der Waals surface area contributed by atoms with Gasteiger partial charge in [-0.1, -0.05) is 54.1 Å². The van der Waals surface area contributed by atoms with E-state index in [4.69, 9.17) is 0 Å². The van der Waals surface area contributed by atoms with E-state index >= 15 is 0 Å². The van der Waals surface area contributed by atoms with Gasteiger partial charge in [0, 0.05) is 23.2 Å². The average molecular weight is 426 g/mol.